The Balaban J connectivity index is 2.41. The molecule has 0 radical (unpaired) electrons. The Hall–Kier alpha value is -2.10. The van der Waals surface area contributed by atoms with Crippen molar-refractivity contribution >= 4 is 17.6 Å². The molecule has 70 valence electrons. The summed E-state index contributed by atoms with van der Waals surface area (Å²) >= 11 is 0. The van der Waals surface area contributed by atoms with Crippen LogP contribution in [0.2, 0.25) is 0 Å². The Kier molecular flexibility index (Phi) is 1.81. The van der Waals surface area contributed by atoms with Crippen LogP contribution in [-0.4, -0.2) is 11.9 Å². The number of benzene rings is 1. The summed E-state index contributed by atoms with van der Waals surface area (Å²) in [6.07, 6.45) is 0. The van der Waals surface area contributed by atoms with Gasteiger partial charge in [-0.2, -0.15) is 0 Å². The van der Waals surface area contributed by atoms with Crippen LogP contribution in [0, 0.1) is 5.41 Å². The minimum Gasteiger partial charge on any atom is -0.304 e. The van der Waals surface area contributed by atoms with Crippen molar-refractivity contribution in [3.05, 3.63) is 42.6 Å². The number of nitrogens with one attached hydrogen (secondary N) is 2. The predicted molar refractivity (Wildman–Crippen MR) is 54.3 cm³/mol. The van der Waals surface area contributed by atoms with Crippen molar-refractivity contribution in [1.29, 1.82) is 5.41 Å². The normalized spacial score (nSPS) is 16.0. The first-order valence-corrected chi connectivity index (χ1v) is 4.14. The second-order valence-electron chi connectivity index (χ2n) is 2.93. The minimum atomic E-state index is -0.328. The predicted octanol–water partition coefficient (Wildman–Crippen LogP) is 1.71. The largest absolute Gasteiger partial charge is 0.332 e. The van der Waals surface area contributed by atoms with Gasteiger partial charge in [-0.3, -0.25) is 5.41 Å². The number of amidine groups is 1. The fourth-order valence-electron chi connectivity index (χ4n) is 1.30. The highest BCUT2D eigenvalue weighted by Crippen LogP contribution is 2.19. The van der Waals surface area contributed by atoms with Crippen LogP contribution < -0.4 is 10.2 Å². The van der Waals surface area contributed by atoms with Gasteiger partial charge in [-0.05, 0) is 12.1 Å². The lowest BCUT2D eigenvalue weighted by Gasteiger charge is -2.12. The molecule has 14 heavy (non-hydrogen) atoms. The van der Waals surface area contributed by atoms with E-state index < -0.39 is 0 Å². The van der Waals surface area contributed by atoms with Crippen LogP contribution >= 0.6 is 0 Å². The van der Waals surface area contributed by atoms with Gasteiger partial charge in [0.15, 0.2) is 5.84 Å². The molecule has 2 amide bonds. The lowest BCUT2D eigenvalue weighted by Crippen LogP contribution is -2.30. The van der Waals surface area contributed by atoms with E-state index in [4.69, 9.17) is 5.41 Å². The minimum absolute atomic E-state index is 0.0983. The Morgan fingerprint density at radius 2 is 1.93 bits per heavy atom. The number of rotatable bonds is 1. The third kappa shape index (κ3) is 1.17. The van der Waals surface area contributed by atoms with Crippen molar-refractivity contribution in [2.24, 2.45) is 0 Å². The van der Waals surface area contributed by atoms with Gasteiger partial charge >= 0.3 is 6.03 Å². The van der Waals surface area contributed by atoms with E-state index in [0.29, 0.717) is 11.4 Å². The van der Waals surface area contributed by atoms with Gasteiger partial charge in [0.1, 0.15) is 0 Å². The molecule has 0 saturated carbocycles. The molecule has 1 saturated heterocycles. The van der Waals surface area contributed by atoms with Crippen LogP contribution in [-0.2, 0) is 0 Å². The van der Waals surface area contributed by atoms with Crippen molar-refractivity contribution in [2.75, 3.05) is 4.90 Å². The zero-order valence-electron chi connectivity index (χ0n) is 7.45. The Morgan fingerprint density at radius 3 is 2.43 bits per heavy atom. The molecule has 4 heteroatoms. The summed E-state index contributed by atoms with van der Waals surface area (Å²) in [6, 6.07) is 8.70. The van der Waals surface area contributed by atoms with E-state index in [9.17, 15) is 4.79 Å². The first-order chi connectivity index (χ1) is 6.70. The summed E-state index contributed by atoms with van der Waals surface area (Å²) in [4.78, 5) is 12.7. The SMILES string of the molecule is C=C1NC(=O)N(c2ccccc2)C1=N. The topological polar surface area (TPSA) is 56.2 Å². The first kappa shape index (κ1) is 8.50. The Morgan fingerprint density at radius 1 is 1.29 bits per heavy atom. The molecule has 4 nitrogen and oxygen atoms in total. The van der Waals surface area contributed by atoms with Gasteiger partial charge in [0.25, 0.3) is 0 Å². The molecule has 1 fully saturated rings. The zero-order valence-corrected chi connectivity index (χ0v) is 7.45. The molecule has 2 N–H and O–H groups in total. The van der Waals surface area contributed by atoms with Crippen molar-refractivity contribution in [3.8, 4) is 0 Å². The molecule has 2 rings (SSSR count). The van der Waals surface area contributed by atoms with E-state index in [1.165, 1.54) is 4.90 Å². The number of urea groups is 1. The van der Waals surface area contributed by atoms with Gasteiger partial charge in [-0.25, -0.2) is 9.69 Å². The van der Waals surface area contributed by atoms with Gasteiger partial charge in [0, 0.05) is 0 Å². The molecule has 1 aromatic rings. The zero-order chi connectivity index (χ0) is 10.1. The van der Waals surface area contributed by atoms with Crippen molar-refractivity contribution < 1.29 is 4.79 Å². The maximum atomic E-state index is 11.4. The van der Waals surface area contributed by atoms with Crippen LogP contribution in [0.5, 0.6) is 0 Å². The van der Waals surface area contributed by atoms with Crippen LogP contribution in [0.4, 0.5) is 10.5 Å². The van der Waals surface area contributed by atoms with Gasteiger partial charge in [0.2, 0.25) is 0 Å². The number of para-hydroxylation sites is 1. The van der Waals surface area contributed by atoms with Crippen molar-refractivity contribution in [1.82, 2.24) is 5.32 Å². The molecule has 0 spiro atoms. The van der Waals surface area contributed by atoms with E-state index in [2.05, 4.69) is 11.9 Å². The molecular formula is C10H9N3O. The summed E-state index contributed by atoms with van der Waals surface area (Å²) in [5, 5.41) is 10.1. The number of anilines is 1. The van der Waals surface area contributed by atoms with E-state index in [-0.39, 0.29) is 11.9 Å². The highest BCUT2D eigenvalue weighted by molar-refractivity contribution is 6.27. The van der Waals surface area contributed by atoms with E-state index in [1.807, 2.05) is 18.2 Å². The van der Waals surface area contributed by atoms with Crippen LogP contribution in [0.1, 0.15) is 0 Å². The van der Waals surface area contributed by atoms with Gasteiger partial charge in [-0.15, -0.1) is 0 Å². The highest BCUT2D eigenvalue weighted by atomic mass is 16.2. The summed E-state index contributed by atoms with van der Waals surface area (Å²) in [5.41, 5.74) is 1.01. The third-order valence-electron chi connectivity index (χ3n) is 1.98. The smallest absolute Gasteiger partial charge is 0.304 e. The summed E-state index contributed by atoms with van der Waals surface area (Å²) in [5.74, 6) is 0.0983. The molecule has 0 atom stereocenters. The van der Waals surface area contributed by atoms with Crippen LogP contribution in [0.15, 0.2) is 42.6 Å². The molecular weight excluding hydrogens is 178 g/mol. The van der Waals surface area contributed by atoms with Crippen molar-refractivity contribution in [3.63, 3.8) is 0 Å². The molecule has 0 aromatic heterocycles. The van der Waals surface area contributed by atoms with Crippen LogP contribution in [0.3, 0.4) is 0 Å². The average Bonchev–Trinajstić information content (AvgIpc) is 2.43. The van der Waals surface area contributed by atoms with E-state index >= 15 is 0 Å². The lowest BCUT2D eigenvalue weighted by atomic mass is 10.3. The maximum Gasteiger partial charge on any atom is 0.332 e. The van der Waals surface area contributed by atoms with Crippen molar-refractivity contribution in [2.45, 2.75) is 0 Å². The average molecular weight is 187 g/mol. The van der Waals surface area contributed by atoms with Gasteiger partial charge in [-0.1, -0.05) is 24.8 Å². The third-order valence-corrected chi connectivity index (χ3v) is 1.98. The number of hydrogen-bond donors (Lipinski definition) is 2. The second kappa shape index (κ2) is 2.99. The fourth-order valence-corrected chi connectivity index (χ4v) is 1.30. The molecule has 1 heterocycles. The number of carbonyl (C=O) groups excluding carboxylic acids is 1. The number of nitrogens with zero attached hydrogens (tertiary/aromatic N) is 1. The molecule has 0 unspecified atom stereocenters. The van der Waals surface area contributed by atoms with E-state index in [0.717, 1.165) is 0 Å². The monoisotopic (exact) mass is 187 g/mol. The maximum absolute atomic E-state index is 11.4. The summed E-state index contributed by atoms with van der Waals surface area (Å²) in [7, 11) is 0. The van der Waals surface area contributed by atoms with Gasteiger partial charge in [0.05, 0.1) is 11.4 Å². The summed E-state index contributed by atoms with van der Waals surface area (Å²) in [6.45, 7) is 3.56. The molecule has 0 bridgehead atoms. The molecule has 1 aliphatic heterocycles. The second-order valence-corrected chi connectivity index (χ2v) is 2.93. The highest BCUT2D eigenvalue weighted by Gasteiger charge is 2.29. The molecule has 1 aromatic carbocycles. The number of amides is 2. The Bertz CT molecular complexity index is 411. The number of carbonyl (C=O) groups is 1. The lowest BCUT2D eigenvalue weighted by molar-refractivity contribution is 0.253. The van der Waals surface area contributed by atoms with Gasteiger partial charge < -0.3 is 5.32 Å². The fraction of sp³-hybridized carbons (Fsp3) is 0. The molecule has 0 aliphatic carbocycles. The first-order valence-electron chi connectivity index (χ1n) is 4.14. The van der Waals surface area contributed by atoms with Crippen LogP contribution in [0.25, 0.3) is 0 Å². The summed E-state index contributed by atoms with van der Waals surface area (Å²) < 4.78 is 0. The standard InChI is InChI=1S/C10H9N3O/c1-7-9(11)13(10(14)12-7)8-5-3-2-4-6-8/h2-6,11H,1H2,(H,12,14). The quantitative estimate of drug-likeness (QED) is 0.690. The van der Waals surface area contributed by atoms with E-state index in [1.54, 1.807) is 12.1 Å². The number of hydrogen-bond acceptors (Lipinski definition) is 2. The Labute approximate surface area is 81.4 Å². The molecule has 1 aliphatic rings.